The molecule has 0 aliphatic carbocycles. The van der Waals surface area contributed by atoms with Crippen molar-refractivity contribution in [2.75, 3.05) is 18.3 Å². The van der Waals surface area contributed by atoms with Crippen LogP contribution in [0.3, 0.4) is 0 Å². The van der Waals surface area contributed by atoms with Crippen molar-refractivity contribution in [2.45, 2.75) is 0 Å². The Labute approximate surface area is 108 Å². The number of alkyl halides is 1. The molecule has 0 radical (unpaired) electrons. The number of hydrogen-bond donors (Lipinski definition) is 2. The third-order valence-corrected chi connectivity index (χ3v) is 2.20. The number of rotatable bonds is 3. The van der Waals surface area contributed by atoms with Gasteiger partial charge in [-0.05, 0) is 12.1 Å². The summed E-state index contributed by atoms with van der Waals surface area (Å²) < 4.78 is 5.02. The normalized spacial score (nSPS) is 9.17. The summed E-state index contributed by atoms with van der Waals surface area (Å²) in [6.45, 7) is 0. The van der Waals surface area contributed by atoms with Crippen LogP contribution in [-0.2, 0) is 4.79 Å². The van der Waals surface area contributed by atoms with Crippen LogP contribution in [0.4, 0.5) is 10.5 Å². The number of carbonyl (C=O) groups excluding carboxylic acids is 2. The van der Waals surface area contributed by atoms with Gasteiger partial charge in [-0.25, -0.2) is 4.79 Å². The van der Waals surface area contributed by atoms with Gasteiger partial charge in [-0.1, -0.05) is 0 Å². The van der Waals surface area contributed by atoms with E-state index in [0.717, 1.165) is 0 Å². The molecule has 0 saturated carbocycles. The van der Waals surface area contributed by atoms with Crippen molar-refractivity contribution in [1.29, 1.82) is 5.26 Å². The molecule has 0 fully saturated rings. The fraction of sp³-hybridized carbons (Fsp3) is 0.182. The molecule has 0 aliphatic rings. The third kappa shape index (κ3) is 3.64. The Kier molecular flexibility index (Phi) is 4.96. The first-order valence-corrected chi connectivity index (χ1v) is 5.39. The molecule has 7 heteroatoms. The third-order valence-electron chi connectivity index (χ3n) is 1.95. The van der Waals surface area contributed by atoms with Crippen LogP contribution in [-0.4, -0.2) is 24.9 Å². The van der Waals surface area contributed by atoms with Crippen LogP contribution in [0.15, 0.2) is 18.2 Å². The van der Waals surface area contributed by atoms with Gasteiger partial charge in [-0.2, -0.15) is 5.26 Å². The largest absolute Gasteiger partial charge is 0.495 e. The Hall–Kier alpha value is -2.26. The molecule has 3 amide bonds. The number of nitrogens with zero attached hydrogens (tertiary/aromatic N) is 1. The fourth-order valence-electron chi connectivity index (χ4n) is 1.18. The zero-order valence-corrected chi connectivity index (χ0v) is 10.2. The first-order chi connectivity index (χ1) is 8.60. The second kappa shape index (κ2) is 6.47. The Morgan fingerprint density at radius 2 is 2.22 bits per heavy atom. The number of urea groups is 1. The minimum absolute atomic E-state index is 0.308. The lowest BCUT2D eigenvalue weighted by atomic mass is 10.2. The Morgan fingerprint density at radius 3 is 2.78 bits per heavy atom. The molecule has 0 aliphatic heterocycles. The number of ether oxygens (including phenoxy) is 1. The highest BCUT2D eigenvalue weighted by molar-refractivity contribution is 6.28. The summed E-state index contributed by atoms with van der Waals surface area (Å²) in [5, 5.41) is 13.1. The topological polar surface area (TPSA) is 91.2 Å². The molecule has 6 nitrogen and oxygen atoms in total. The highest BCUT2D eigenvalue weighted by Crippen LogP contribution is 2.25. The number of carbonyl (C=O) groups is 2. The summed E-state index contributed by atoms with van der Waals surface area (Å²) in [5.74, 6) is -0.595. The number of halogens is 1. The molecule has 0 saturated heterocycles. The van der Waals surface area contributed by atoms with E-state index < -0.39 is 11.9 Å². The number of benzene rings is 1. The van der Waals surface area contributed by atoms with Gasteiger partial charge >= 0.3 is 6.03 Å². The molecule has 0 aromatic heterocycles. The maximum atomic E-state index is 11.4. The van der Waals surface area contributed by atoms with Crippen molar-refractivity contribution < 1.29 is 14.3 Å². The van der Waals surface area contributed by atoms with Crippen LogP contribution < -0.4 is 15.4 Å². The molecule has 0 bridgehead atoms. The number of methoxy groups -OCH3 is 1. The van der Waals surface area contributed by atoms with Gasteiger partial charge in [0, 0.05) is 6.07 Å². The zero-order chi connectivity index (χ0) is 13.5. The SMILES string of the molecule is COc1cc(C#N)ccc1NC(=O)NC(=O)CCl. The van der Waals surface area contributed by atoms with E-state index in [1.807, 2.05) is 11.4 Å². The predicted molar refractivity (Wildman–Crippen MR) is 65.6 cm³/mol. The van der Waals surface area contributed by atoms with E-state index in [0.29, 0.717) is 17.0 Å². The van der Waals surface area contributed by atoms with Crippen LogP contribution in [0.5, 0.6) is 5.75 Å². The van der Waals surface area contributed by atoms with Crippen LogP contribution in [0.2, 0.25) is 0 Å². The van der Waals surface area contributed by atoms with Gasteiger partial charge in [0.1, 0.15) is 11.6 Å². The van der Waals surface area contributed by atoms with E-state index in [4.69, 9.17) is 21.6 Å². The van der Waals surface area contributed by atoms with Crippen molar-refractivity contribution in [1.82, 2.24) is 5.32 Å². The average Bonchev–Trinajstić information content (AvgIpc) is 2.38. The summed E-state index contributed by atoms with van der Waals surface area (Å²) >= 11 is 5.24. The van der Waals surface area contributed by atoms with E-state index >= 15 is 0 Å². The summed E-state index contributed by atoms with van der Waals surface area (Å²) in [5.41, 5.74) is 0.742. The second-order valence-corrected chi connectivity index (χ2v) is 3.43. The number of nitrogens with one attached hydrogen (secondary N) is 2. The molecule has 1 rings (SSSR count). The van der Waals surface area contributed by atoms with Crippen molar-refractivity contribution in [2.24, 2.45) is 0 Å². The fourth-order valence-corrected chi connectivity index (χ4v) is 1.24. The van der Waals surface area contributed by atoms with Gasteiger partial charge in [-0.15, -0.1) is 11.6 Å². The van der Waals surface area contributed by atoms with Gasteiger partial charge < -0.3 is 10.1 Å². The summed E-state index contributed by atoms with van der Waals surface area (Å²) in [7, 11) is 1.41. The molecule has 18 heavy (non-hydrogen) atoms. The Balaban J connectivity index is 2.81. The van der Waals surface area contributed by atoms with Crippen LogP contribution in [0.25, 0.3) is 0 Å². The van der Waals surface area contributed by atoms with Crippen LogP contribution in [0.1, 0.15) is 5.56 Å². The molecule has 1 aromatic carbocycles. The van der Waals surface area contributed by atoms with Gasteiger partial charge in [0.05, 0.1) is 24.4 Å². The number of anilines is 1. The second-order valence-electron chi connectivity index (χ2n) is 3.16. The minimum Gasteiger partial charge on any atom is -0.495 e. The lowest BCUT2D eigenvalue weighted by Crippen LogP contribution is -2.35. The minimum atomic E-state index is -0.719. The maximum absolute atomic E-state index is 11.4. The van der Waals surface area contributed by atoms with Crippen LogP contribution >= 0.6 is 11.6 Å². The van der Waals surface area contributed by atoms with Gasteiger partial charge in [0.25, 0.3) is 0 Å². The molecular formula is C11H10ClN3O3. The first kappa shape index (κ1) is 13.8. The van der Waals surface area contributed by atoms with E-state index in [-0.39, 0.29) is 5.88 Å². The van der Waals surface area contributed by atoms with E-state index in [2.05, 4.69) is 5.32 Å². The number of nitriles is 1. The highest BCUT2D eigenvalue weighted by atomic mass is 35.5. The number of amides is 3. The summed E-state index contributed by atoms with van der Waals surface area (Å²) in [6, 6.07) is 5.71. The van der Waals surface area contributed by atoms with Crippen molar-refractivity contribution in [3.05, 3.63) is 23.8 Å². The van der Waals surface area contributed by atoms with Crippen LogP contribution in [0, 0.1) is 11.3 Å². The summed E-state index contributed by atoms with van der Waals surface area (Å²) in [6.07, 6.45) is 0. The predicted octanol–water partition coefficient (Wildman–Crippen LogP) is 1.45. The number of hydrogen-bond acceptors (Lipinski definition) is 4. The standard InChI is InChI=1S/C11H10ClN3O3/c1-18-9-4-7(6-13)2-3-8(9)14-11(17)15-10(16)5-12/h2-4H,5H2,1H3,(H2,14,15,16,17). The zero-order valence-electron chi connectivity index (χ0n) is 9.49. The quantitative estimate of drug-likeness (QED) is 0.811. The molecule has 0 spiro atoms. The Bertz CT molecular complexity index is 511. The first-order valence-electron chi connectivity index (χ1n) is 4.85. The average molecular weight is 268 g/mol. The summed E-state index contributed by atoms with van der Waals surface area (Å²) in [4.78, 5) is 22.3. The Morgan fingerprint density at radius 1 is 1.50 bits per heavy atom. The maximum Gasteiger partial charge on any atom is 0.326 e. The lowest BCUT2D eigenvalue weighted by molar-refractivity contribution is -0.117. The van der Waals surface area contributed by atoms with Crippen molar-refractivity contribution in [3.63, 3.8) is 0 Å². The van der Waals surface area contributed by atoms with E-state index in [9.17, 15) is 9.59 Å². The molecule has 2 N–H and O–H groups in total. The van der Waals surface area contributed by atoms with Gasteiger partial charge in [0.2, 0.25) is 5.91 Å². The monoisotopic (exact) mass is 267 g/mol. The smallest absolute Gasteiger partial charge is 0.326 e. The molecular weight excluding hydrogens is 258 g/mol. The molecule has 0 heterocycles. The highest BCUT2D eigenvalue weighted by Gasteiger charge is 2.10. The van der Waals surface area contributed by atoms with E-state index in [1.165, 1.54) is 25.3 Å². The molecule has 0 unspecified atom stereocenters. The van der Waals surface area contributed by atoms with Crippen molar-refractivity contribution >= 4 is 29.2 Å². The lowest BCUT2D eigenvalue weighted by Gasteiger charge is -2.10. The van der Waals surface area contributed by atoms with Crippen molar-refractivity contribution in [3.8, 4) is 11.8 Å². The molecule has 0 atom stereocenters. The van der Waals surface area contributed by atoms with E-state index in [1.54, 1.807) is 0 Å². The number of imide groups is 1. The molecule has 1 aromatic rings. The molecule has 94 valence electrons. The van der Waals surface area contributed by atoms with Gasteiger partial charge in [0.15, 0.2) is 0 Å². The van der Waals surface area contributed by atoms with Gasteiger partial charge in [-0.3, -0.25) is 10.1 Å².